The highest BCUT2D eigenvalue weighted by molar-refractivity contribution is 5.87. The Hall–Kier alpha value is -2.31. The van der Waals surface area contributed by atoms with Crippen LogP contribution in [0.3, 0.4) is 0 Å². The molecule has 23 heavy (non-hydrogen) atoms. The molecule has 3 heterocycles. The van der Waals surface area contributed by atoms with E-state index in [0.717, 1.165) is 36.2 Å². The fourth-order valence-corrected chi connectivity index (χ4v) is 3.46. The van der Waals surface area contributed by atoms with E-state index in [1.165, 1.54) is 0 Å². The topological polar surface area (TPSA) is 68.4 Å². The number of aromatic nitrogens is 3. The summed E-state index contributed by atoms with van der Waals surface area (Å²) in [4.78, 5) is 30.0. The lowest BCUT2D eigenvalue weighted by Crippen LogP contribution is -2.57. The van der Waals surface area contributed by atoms with Crippen LogP contribution in [0.25, 0.3) is 11.0 Å². The van der Waals surface area contributed by atoms with Gasteiger partial charge in [0.05, 0.1) is 17.5 Å². The van der Waals surface area contributed by atoms with Gasteiger partial charge in [0, 0.05) is 33.9 Å². The van der Waals surface area contributed by atoms with Crippen LogP contribution in [0.15, 0.2) is 18.6 Å². The number of rotatable bonds is 2. The number of anilines is 1. The number of H-pyrrole nitrogens is 1. The van der Waals surface area contributed by atoms with E-state index in [-0.39, 0.29) is 18.1 Å². The second-order valence-electron chi connectivity index (χ2n) is 6.37. The molecule has 1 fully saturated rings. The number of likely N-dealkylation sites (tertiary alicyclic amines) is 1. The summed E-state index contributed by atoms with van der Waals surface area (Å²) in [5.74, 6) is 0.909. The van der Waals surface area contributed by atoms with Crippen LogP contribution < -0.4 is 4.90 Å². The molecule has 1 aliphatic rings. The summed E-state index contributed by atoms with van der Waals surface area (Å²) < 4.78 is 0. The van der Waals surface area contributed by atoms with Crippen molar-refractivity contribution < 1.29 is 4.79 Å². The van der Waals surface area contributed by atoms with Gasteiger partial charge < -0.3 is 19.7 Å². The van der Waals surface area contributed by atoms with Gasteiger partial charge in [-0.2, -0.15) is 0 Å². The lowest BCUT2D eigenvalue weighted by molar-refractivity contribution is 0.124. The number of amides is 2. The summed E-state index contributed by atoms with van der Waals surface area (Å²) in [5, 5.41) is 1.01. The smallest absolute Gasteiger partial charge is 0.319 e. The van der Waals surface area contributed by atoms with Gasteiger partial charge in [-0.15, -0.1) is 0 Å². The Morgan fingerprint density at radius 1 is 1.35 bits per heavy atom. The maximum absolute atomic E-state index is 12.4. The average Bonchev–Trinajstić information content (AvgIpc) is 3.02. The fraction of sp³-hybridized carbons (Fsp3) is 0.562. The molecule has 1 aliphatic heterocycles. The van der Waals surface area contributed by atoms with Crippen molar-refractivity contribution >= 4 is 22.9 Å². The number of hydrogen-bond acceptors (Lipinski definition) is 4. The summed E-state index contributed by atoms with van der Waals surface area (Å²) in [6, 6.07) is 2.44. The maximum Gasteiger partial charge on any atom is 0.319 e. The van der Waals surface area contributed by atoms with Gasteiger partial charge in [0.1, 0.15) is 17.8 Å². The Balaban J connectivity index is 1.88. The molecular formula is C16H24N6O. The van der Waals surface area contributed by atoms with E-state index < -0.39 is 0 Å². The van der Waals surface area contributed by atoms with E-state index in [1.54, 1.807) is 25.3 Å². The van der Waals surface area contributed by atoms with Crippen molar-refractivity contribution in [2.75, 3.05) is 32.6 Å². The third kappa shape index (κ3) is 2.71. The van der Waals surface area contributed by atoms with E-state index >= 15 is 0 Å². The van der Waals surface area contributed by atoms with Gasteiger partial charge in [0.15, 0.2) is 0 Å². The lowest BCUT2D eigenvalue weighted by atomic mass is 9.96. The molecule has 0 aliphatic carbocycles. The summed E-state index contributed by atoms with van der Waals surface area (Å²) in [5.41, 5.74) is 0.839. The number of urea groups is 1. The quantitative estimate of drug-likeness (QED) is 0.919. The zero-order valence-electron chi connectivity index (χ0n) is 14.2. The molecule has 0 aromatic carbocycles. The van der Waals surface area contributed by atoms with Crippen LogP contribution in [-0.4, -0.2) is 70.6 Å². The number of likely N-dealkylation sites (N-methyl/N-ethyl adjacent to an activating group) is 1. The number of piperidine rings is 1. The Labute approximate surface area is 136 Å². The monoisotopic (exact) mass is 316 g/mol. The highest BCUT2D eigenvalue weighted by Crippen LogP contribution is 2.29. The van der Waals surface area contributed by atoms with Gasteiger partial charge in [-0.05, 0) is 25.8 Å². The molecule has 0 bridgehead atoms. The van der Waals surface area contributed by atoms with Gasteiger partial charge in [-0.25, -0.2) is 14.8 Å². The number of carbonyl (C=O) groups is 1. The minimum atomic E-state index is 0.0741. The van der Waals surface area contributed by atoms with Crippen molar-refractivity contribution in [1.82, 2.24) is 24.8 Å². The molecule has 2 amide bonds. The highest BCUT2D eigenvalue weighted by Gasteiger charge is 2.35. The first-order chi connectivity index (χ1) is 11.0. The summed E-state index contributed by atoms with van der Waals surface area (Å²) in [6.07, 6.45) is 5.51. The van der Waals surface area contributed by atoms with E-state index in [2.05, 4.69) is 33.8 Å². The first kappa shape index (κ1) is 15.6. The molecular weight excluding hydrogens is 292 g/mol. The van der Waals surface area contributed by atoms with E-state index in [9.17, 15) is 4.79 Å². The number of nitrogens with zero attached hydrogens (tertiary/aromatic N) is 5. The standard InChI is InChI=1S/C16H24N6O/c1-11-13(6-5-9-22(11)16(23)20(2)3)21(4)15-12-7-8-17-14(12)18-10-19-15/h7-8,10-11,13H,5-6,9H2,1-4H3,(H,17,18,19). The molecule has 7 nitrogen and oxygen atoms in total. The summed E-state index contributed by atoms with van der Waals surface area (Å²) in [6.45, 7) is 2.93. The third-order valence-electron chi connectivity index (χ3n) is 4.74. The minimum Gasteiger partial charge on any atom is -0.354 e. The number of aromatic amines is 1. The first-order valence-corrected chi connectivity index (χ1v) is 7.99. The molecule has 0 spiro atoms. The zero-order chi connectivity index (χ0) is 16.6. The normalized spacial score (nSPS) is 21.5. The largest absolute Gasteiger partial charge is 0.354 e. The molecule has 1 saturated heterocycles. The SMILES string of the molecule is CC1C(N(C)c2ncnc3[nH]ccc23)CCCN1C(=O)N(C)C. The van der Waals surface area contributed by atoms with E-state index in [1.807, 2.05) is 17.2 Å². The average molecular weight is 316 g/mol. The molecule has 2 unspecified atom stereocenters. The van der Waals surface area contributed by atoms with Crippen LogP contribution in [0.2, 0.25) is 0 Å². The van der Waals surface area contributed by atoms with Crippen LogP contribution >= 0.6 is 0 Å². The predicted molar refractivity (Wildman–Crippen MR) is 90.6 cm³/mol. The van der Waals surface area contributed by atoms with Gasteiger partial charge in [0.2, 0.25) is 0 Å². The Kier molecular flexibility index (Phi) is 4.11. The molecule has 0 radical (unpaired) electrons. The van der Waals surface area contributed by atoms with E-state index in [0.29, 0.717) is 0 Å². The molecule has 7 heteroatoms. The van der Waals surface area contributed by atoms with Crippen LogP contribution in [0.1, 0.15) is 19.8 Å². The molecule has 1 N–H and O–H groups in total. The zero-order valence-corrected chi connectivity index (χ0v) is 14.2. The van der Waals surface area contributed by atoms with Crippen LogP contribution in [0.4, 0.5) is 10.6 Å². The Bertz CT molecular complexity index is 697. The Morgan fingerprint density at radius 3 is 2.87 bits per heavy atom. The predicted octanol–water partition coefficient (Wildman–Crippen LogP) is 1.93. The van der Waals surface area contributed by atoms with E-state index in [4.69, 9.17) is 0 Å². The highest BCUT2D eigenvalue weighted by atomic mass is 16.2. The van der Waals surface area contributed by atoms with Crippen molar-refractivity contribution in [2.24, 2.45) is 0 Å². The minimum absolute atomic E-state index is 0.0741. The molecule has 3 rings (SSSR count). The van der Waals surface area contributed by atoms with Gasteiger partial charge >= 0.3 is 6.03 Å². The van der Waals surface area contributed by atoms with Crippen molar-refractivity contribution in [3.63, 3.8) is 0 Å². The first-order valence-electron chi connectivity index (χ1n) is 7.99. The van der Waals surface area contributed by atoms with Crippen molar-refractivity contribution in [1.29, 1.82) is 0 Å². The molecule has 2 aromatic rings. The van der Waals surface area contributed by atoms with Crippen LogP contribution in [0, 0.1) is 0 Å². The van der Waals surface area contributed by atoms with Crippen LogP contribution in [0.5, 0.6) is 0 Å². The number of fused-ring (bicyclic) bond motifs is 1. The second kappa shape index (κ2) is 6.06. The number of carbonyl (C=O) groups excluding carboxylic acids is 1. The molecule has 2 atom stereocenters. The van der Waals surface area contributed by atoms with Crippen molar-refractivity contribution in [2.45, 2.75) is 31.8 Å². The maximum atomic E-state index is 12.4. The fourth-order valence-electron chi connectivity index (χ4n) is 3.46. The Morgan fingerprint density at radius 2 is 2.13 bits per heavy atom. The van der Waals surface area contributed by atoms with Crippen molar-refractivity contribution in [3.8, 4) is 0 Å². The second-order valence-corrected chi connectivity index (χ2v) is 6.37. The van der Waals surface area contributed by atoms with Crippen LogP contribution in [-0.2, 0) is 0 Å². The van der Waals surface area contributed by atoms with Gasteiger partial charge in [-0.3, -0.25) is 0 Å². The molecule has 2 aromatic heterocycles. The summed E-state index contributed by atoms with van der Waals surface area (Å²) >= 11 is 0. The lowest BCUT2D eigenvalue weighted by Gasteiger charge is -2.44. The summed E-state index contributed by atoms with van der Waals surface area (Å²) in [7, 11) is 5.66. The number of nitrogens with one attached hydrogen (secondary N) is 1. The van der Waals surface area contributed by atoms with Gasteiger partial charge in [-0.1, -0.05) is 0 Å². The van der Waals surface area contributed by atoms with Gasteiger partial charge in [0.25, 0.3) is 0 Å². The van der Waals surface area contributed by atoms with Crippen molar-refractivity contribution in [3.05, 3.63) is 18.6 Å². The third-order valence-corrected chi connectivity index (χ3v) is 4.74. The molecule has 0 saturated carbocycles. The molecule has 124 valence electrons. The number of hydrogen-bond donors (Lipinski definition) is 1.